The number of alkyl halides is 1. The maximum absolute atomic E-state index is 5.46. The second-order valence-corrected chi connectivity index (χ2v) is 2.49. The molecule has 0 aromatic heterocycles. The van der Waals surface area contributed by atoms with Gasteiger partial charge in [0.25, 0.3) is 0 Å². The van der Waals surface area contributed by atoms with Gasteiger partial charge < -0.3 is 0 Å². The molecule has 1 rings (SSSR count). The van der Waals surface area contributed by atoms with Crippen molar-refractivity contribution in [3.8, 4) is 0 Å². The first-order chi connectivity index (χ1) is 3.43. The van der Waals surface area contributed by atoms with Crippen LogP contribution in [0.25, 0.3) is 0 Å². The minimum absolute atomic E-state index is 0. The Balaban J connectivity index is 0.000000490. The van der Waals surface area contributed by atoms with Crippen LogP contribution in [0, 0.1) is 0 Å². The molecule has 0 aliphatic carbocycles. The summed E-state index contributed by atoms with van der Waals surface area (Å²) in [7, 11) is 0. The van der Waals surface area contributed by atoms with Crippen molar-refractivity contribution in [3.63, 3.8) is 0 Å². The molecule has 1 aliphatic heterocycles. The molecule has 0 unspecified atom stereocenters. The third-order valence-corrected chi connectivity index (χ3v) is 1.91. The second-order valence-electron chi connectivity index (χ2n) is 1.37. The van der Waals surface area contributed by atoms with E-state index in [2.05, 4.69) is 4.40 Å². The van der Waals surface area contributed by atoms with E-state index in [1.807, 2.05) is 0 Å². The largest absolute Gasteiger partial charge is 0.224 e. The van der Waals surface area contributed by atoms with E-state index >= 15 is 0 Å². The Hall–Kier alpha value is 1.05. The molecule has 4 heteroatoms. The average Bonchev–Trinajstić information content (AvgIpc) is 2.14. The van der Waals surface area contributed by atoms with Crippen LogP contribution in [0.5, 0.6) is 0 Å². The van der Waals surface area contributed by atoms with Crippen molar-refractivity contribution in [3.05, 3.63) is 0 Å². The number of hydrogen-bond acceptors (Lipinski definition) is 2. The van der Waals surface area contributed by atoms with Crippen LogP contribution in [0.1, 0.15) is 6.42 Å². The van der Waals surface area contributed by atoms with Crippen LogP contribution in [-0.2, 0) is 22.4 Å². The Morgan fingerprint density at radius 1 is 1.75 bits per heavy atom. The van der Waals surface area contributed by atoms with Gasteiger partial charge in [-0.3, -0.25) is 0 Å². The Morgan fingerprint density at radius 3 is 2.75 bits per heavy atom. The fraction of sp³-hybridized carbons (Fsp3) is 0.750. The summed E-state index contributed by atoms with van der Waals surface area (Å²) in [6, 6.07) is 0. The number of halogens is 1. The zero-order valence-electron chi connectivity index (χ0n) is 4.16. The van der Waals surface area contributed by atoms with Gasteiger partial charge in [-0.25, -0.2) is 4.40 Å². The standard InChI is InChI=1S/C4H6ClNS.Ag/c5-3-4-1-2-7-6-4;/h1-3H2;. The molecule has 0 aromatic carbocycles. The summed E-state index contributed by atoms with van der Waals surface area (Å²) in [6.07, 6.45) is 1.09. The molecule has 0 fully saturated rings. The summed E-state index contributed by atoms with van der Waals surface area (Å²) in [5.74, 6) is 1.75. The van der Waals surface area contributed by atoms with Crippen LogP contribution < -0.4 is 0 Å². The molecule has 0 bridgehead atoms. The Labute approximate surface area is 73.9 Å². The van der Waals surface area contributed by atoms with Crippen LogP contribution in [0.2, 0.25) is 0 Å². The smallest absolute Gasteiger partial charge is 0.0615 e. The van der Waals surface area contributed by atoms with Crippen molar-refractivity contribution in [2.45, 2.75) is 6.42 Å². The van der Waals surface area contributed by atoms with Gasteiger partial charge in [-0.05, 0) is 18.4 Å². The van der Waals surface area contributed by atoms with Crippen molar-refractivity contribution in [1.29, 1.82) is 0 Å². The Bertz CT molecular complexity index is 96.0. The van der Waals surface area contributed by atoms with E-state index in [0.717, 1.165) is 17.9 Å². The molecule has 1 radical (unpaired) electrons. The monoisotopic (exact) mass is 242 g/mol. The van der Waals surface area contributed by atoms with Gasteiger partial charge in [-0.2, -0.15) is 0 Å². The summed E-state index contributed by atoms with van der Waals surface area (Å²) in [5, 5.41) is 0. The van der Waals surface area contributed by atoms with Crippen molar-refractivity contribution in [1.82, 2.24) is 0 Å². The van der Waals surface area contributed by atoms with Gasteiger partial charge in [0.05, 0.1) is 5.88 Å². The topological polar surface area (TPSA) is 12.4 Å². The van der Waals surface area contributed by atoms with Crippen molar-refractivity contribution in [2.75, 3.05) is 11.6 Å². The van der Waals surface area contributed by atoms with Gasteiger partial charge in [0.1, 0.15) is 0 Å². The predicted molar refractivity (Wildman–Crippen MR) is 35.2 cm³/mol. The quantitative estimate of drug-likeness (QED) is 0.388. The maximum Gasteiger partial charge on any atom is 0.0615 e. The summed E-state index contributed by atoms with van der Waals surface area (Å²) in [6.45, 7) is 0. The van der Waals surface area contributed by atoms with Crippen LogP contribution in [0.4, 0.5) is 0 Å². The van der Waals surface area contributed by atoms with Gasteiger partial charge in [0.2, 0.25) is 0 Å². The van der Waals surface area contributed by atoms with Crippen LogP contribution in [0.15, 0.2) is 4.40 Å². The molecule has 1 heterocycles. The van der Waals surface area contributed by atoms with E-state index in [9.17, 15) is 0 Å². The molecule has 0 aromatic rings. The van der Waals surface area contributed by atoms with Crippen molar-refractivity contribution < 1.29 is 22.4 Å². The minimum atomic E-state index is 0. The number of rotatable bonds is 1. The van der Waals surface area contributed by atoms with Gasteiger partial charge in [0.15, 0.2) is 0 Å². The van der Waals surface area contributed by atoms with Gasteiger partial charge in [-0.1, -0.05) is 0 Å². The van der Waals surface area contributed by atoms with Crippen molar-refractivity contribution >= 4 is 29.3 Å². The minimum Gasteiger partial charge on any atom is -0.224 e. The first-order valence-electron chi connectivity index (χ1n) is 2.17. The fourth-order valence-electron chi connectivity index (χ4n) is 0.437. The molecule has 0 spiro atoms. The summed E-state index contributed by atoms with van der Waals surface area (Å²) in [5.41, 5.74) is 1.15. The third kappa shape index (κ3) is 2.56. The number of nitrogens with zero attached hydrogens (tertiary/aromatic N) is 1. The van der Waals surface area contributed by atoms with Gasteiger partial charge >= 0.3 is 0 Å². The van der Waals surface area contributed by atoms with E-state index < -0.39 is 0 Å². The Morgan fingerprint density at radius 2 is 2.50 bits per heavy atom. The molecule has 0 saturated heterocycles. The predicted octanol–water partition coefficient (Wildman–Crippen LogP) is 1.72. The maximum atomic E-state index is 5.46. The molecular weight excluding hydrogens is 237 g/mol. The summed E-state index contributed by atoms with van der Waals surface area (Å²) < 4.78 is 4.06. The van der Waals surface area contributed by atoms with E-state index in [0.29, 0.717) is 5.88 Å². The molecule has 0 N–H and O–H groups in total. The molecule has 0 saturated carbocycles. The molecule has 0 amide bonds. The van der Waals surface area contributed by atoms with E-state index in [4.69, 9.17) is 11.6 Å². The first kappa shape index (κ1) is 9.05. The van der Waals surface area contributed by atoms with E-state index in [-0.39, 0.29) is 22.4 Å². The van der Waals surface area contributed by atoms with E-state index in [1.54, 1.807) is 11.9 Å². The zero-order valence-corrected chi connectivity index (χ0v) is 7.21. The third-order valence-electron chi connectivity index (χ3n) is 0.830. The van der Waals surface area contributed by atoms with Crippen LogP contribution in [0.3, 0.4) is 0 Å². The number of hydrogen-bond donors (Lipinski definition) is 0. The molecule has 1 aliphatic rings. The molecular formula is C4H6AgClNS. The van der Waals surface area contributed by atoms with Crippen molar-refractivity contribution in [2.24, 2.45) is 4.40 Å². The fourth-order valence-corrected chi connectivity index (χ4v) is 1.46. The molecule has 8 heavy (non-hydrogen) atoms. The average molecular weight is 243 g/mol. The first-order valence-corrected chi connectivity index (χ1v) is 3.65. The molecule has 1 nitrogen and oxygen atoms in total. The van der Waals surface area contributed by atoms with Gasteiger partial charge in [-0.15, -0.1) is 11.6 Å². The summed E-state index contributed by atoms with van der Waals surface area (Å²) >= 11 is 7.07. The SMILES string of the molecule is ClCC1=NSCC1.[Ag]. The van der Waals surface area contributed by atoms with Gasteiger partial charge in [0, 0.05) is 33.8 Å². The van der Waals surface area contributed by atoms with E-state index in [1.165, 1.54) is 0 Å². The molecule has 51 valence electrons. The second kappa shape index (κ2) is 4.89. The molecule has 0 atom stereocenters. The zero-order chi connectivity index (χ0) is 5.11. The van der Waals surface area contributed by atoms with Crippen LogP contribution in [-0.4, -0.2) is 17.3 Å². The Kier molecular flexibility index (Phi) is 5.53. The summed E-state index contributed by atoms with van der Waals surface area (Å²) in [4.78, 5) is 0. The normalized spacial score (nSPS) is 17.4. The van der Waals surface area contributed by atoms with Crippen LogP contribution >= 0.6 is 23.5 Å².